The fraction of sp³-hybridized carbons (Fsp3) is 0.600. The Morgan fingerprint density at radius 1 is 1.39 bits per heavy atom. The number of hydrogen-bond donors (Lipinski definition) is 1. The molecule has 0 spiro atoms. The maximum atomic E-state index is 13.1. The van der Waals surface area contributed by atoms with Gasteiger partial charge in [-0.2, -0.15) is 0 Å². The number of rotatable bonds is 3. The summed E-state index contributed by atoms with van der Waals surface area (Å²) in [5, 5.41) is 3.80. The lowest BCUT2D eigenvalue weighted by Crippen LogP contribution is -2.43. The fourth-order valence-electron chi connectivity index (χ4n) is 2.76. The molecule has 0 heterocycles. The summed E-state index contributed by atoms with van der Waals surface area (Å²) in [6.07, 6.45) is 5.12. The lowest BCUT2D eigenvalue weighted by atomic mass is 9.73. The molecule has 0 aromatic heterocycles. The van der Waals surface area contributed by atoms with Crippen molar-refractivity contribution in [1.82, 2.24) is 5.32 Å². The van der Waals surface area contributed by atoms with Crippen molar-refractivity contribution in [3.8, 4) is 0 Å². The van der Waals surface area contributed by atoms with Crippen LogP contribution < -0.4 is 5.32 Å². The van der Waals surface area contributed by atoms with Crippen molar-refractivity contribution in [1.29, 1.82) is 0 Å². The van der Waals surface area contributed by atoms with Crippen molar-refractivity contribution >= 4 is 11.6 Å². The first-order valence-electron chi connectivity index (χ1n) is 6.66. The van der Waals surface area contributed by atoms with Gasteiger partial charge in [-0.25, -0.2) is 4.39 Å². The van der Waals surface area contributed by atoms with Crippen LogP contribution >= 0.6 is 11.6 Å². The van der Waals surface area contributed by atoms with Gasteiger partial charge in [-0.05, 0) is 36.0 Å². The molecule has 100 valence electrons. The molecule has 1 unspecified atom stereocenters. The molecule has 1 fully saturated rings. The van der Waals surface area contributed by atoms with E-state index in [1.807, 2.05) is 0 Å². The first-order chi connectivity index (χ1) is 8.49. The number of halogens is 2. The normalized spacial score (nSPS) is 23.0. The average Bonchev–Trinajstić information content (AvgIpc) is 2.31. The largest absolute Gasteiger partial charge is 0.309 e. The predicted octanol–water partition coefficient (Wildman–Crippen LogP) is 4.54. The summed E-state index contributed by atoms with van der Waals surface area (Å²) >= 11 is 5.79. The zero-order valence-electron chi connectivity index (χ0n) is 11.1. The van der Waals surface area contributed by atoms with Gasteiger partial charge in [-0.3, -0.25) is 0 Å². The smallest absolute Gasteiger partial charge is 0.141 e. The molecule has 0 radical (unpaired) electrons. The minimum atomic E-state index is -0.349. The molecule has 2 rings (SSSR count). The van der Waals surface area contributed by atoms with Gasteiger partial charge in [0.05, 0.1) is 5.02 Å². The molecule has 18 heavy (non-hydrogen) atoms. The van der Waals surface area contributed by atoms with Gasteiger partial charge in [-0.1, -0.05) is 44.4 Å². The molecular formula is C15H21ClFN. The summed E-state index contributed by atoms with van der Waals surface area (Å²) in [4.78, 5) is 0. The summed E-state index contributed by atoms with van der Waals surface area (Å²) in [7, 11) is 0. The number of nitrogens with one attached hydrogen (secondary N) is 1. The predicted molar refractivity (Wildman–Crippen MR) is 74.3 cm³/mol. The Labute approximate surface area is 114 Å². The van der Waals surface area contributed by atoms with Crippen molar-refractivity contribution in [3.63, 3.8) is 0 Å². The van der Waals surface area contributed by atoms with Gasteiger partial charge in [0.1, 0.15) is 5.82 Å². The Morgan fingerprint density at radius 3 is 2.83 bits per heavy atom. The zero-order valence-corrected chi connectivity index (χ0v) is 11.9. The van der Waals surface area contributed by atoms with E-state index in [9.17, 15) is 4.39 Å². The molecule has 3 heteroatoms. The molecule has 1 N–H and O–H groups in total. The third-order valence-corrected chi connectivity index (χ3v) is 4.33. The van der Waals surface area contributed by atoms with Crippen LogP contribution in [0.25, 0.3) is 0 Å². The second kappa shape index (κ2) is 5.58. The van der Waals surface area contributed by atoms with Gasteiger partial charge < -0.3 is 5.32 Å². The van der Waals surface area contributed by atoms with E-state index in [1.54, 1.807) is 12.1 Å². The Balaban J connectivity index is 1.96. The highest BCUT2D eigenvalue weighted by Gasteiger charge is 2.31. The van der Waals surface area contributed by atoms with Crippen LogP contribution in [0.2, 0.25) is 5.02 Å². The minimum absolute atomic E-state index is 0.206. The first kappa shape index (κ1) is 13.8. The van der Waals surface area contributed by atoms with Crippen LogP contribution in [0.4, 0.5) is 4.39 Å². The molecule has 1 aliphatic rings. The van der Waals surface area contributed by atoms with Crippen LogP contribution in [0.15, 0.2) is 18.2 Å². The lowest BCUT2D eigenvalue weighted by Gasteiger charge is -2.39. The maximum Gasteiger partial charge on any atom is 0.141 e. The molecule has 0 saturated heterocycles. The second-order valence-electron chi connectivity index (χ2n) is 5.92. The summed E-state index contributed by atoms with van der Waals surface area (Å²) in [5.74, 6) is -0.349. The summed E-state index contributed by atoms with van der Waals surface area (Å²) < 4.78 is 13.1. The SMILES string of the molecule is CC1(C)CCCCC1NCc1ccc(F)c(Cl)c1. The maximum absolute atomic E-state index is 13.1. The van der Waals surface area contributed by atoms with Gasteiger partial charge in [0.15, 0.2) is 0 Å². The van der Waals surface area contributed by atoms with E-state index in [-0.39, 0.29) is 10.8 Å². The minimum Gasteiger partial charge on any atom is -0.309 e. The molecular weight excluding hydrogens is 249 g/mol. The van der Waals surface area contributed by atoms with Crippen LogP contribution in [0.3, 0.4) is 0 Å². The average molecular weight is 270 g/mol. The summed E-state index contributed by atoms with van der Waals surface area (Å²) in [6, 6.07) is 5.48. The highest BCUT2D eigenvalue weighted by molar-refractivity contribution is 6.30. The third kappa shape index (κ3) is 3.24. The van der Waals surface area contributed by atoms with Gasteiger partial charge in [0.25, 0.3) is 0 Å². The molecule has 0 bridgehead atoms. The molecule has 1 atom stereocenters. The topological polar surface area (TPSA) is 12.0 Å². The number of benzene rings is 1. The van der Waals surface area contributed by atoms with Crippen LogP contribution in [0.5, 0.6) is 0 Å². The van der Waals surface area contributed by atoms with E-state index in [0.29, 0.717) is 11.5 Å². The Kier molecular flexibility index (Phi) is 4.29. The quantitative estimate of drug-likeness (QED) is 0.850. The Morgan fingerprint density at radius 2 is 2.17 bits per heavy atom. The standard InChI is InChI=1S/C15H21ClFN/c1-15(2)8-4-3-5-14(15)18-10-11-6-7-13(17)12(16)9-11/h6-7,9,14,18H,3-5,8,10H2,1-2H3. The first-order valence-corrected chi connectivity index (χ1v) is 7.04. The van der Waals surface area contributed by atoms with Gasteiger partial charge in [0, 0.05) is 12.6 Å². The van der Waals surface area contributed by atoms with Crippen LogP contribution in [-0.4, -0.2) is 6.04 Å². The highest BCUT2D eigenvalue weighted by atomic mass is 35.5. The van der Waals surface area contributed by atoms with Crippen molar-refractivity contribution in [2.45, 2.75) is 52.1 Å². The van der Waals surface area contributed by atoms with Crippen molar-refractivity contribution in [2.24, 2.45) is 5.41 Å². The van der Waals surface area contributed by atoms with Crippen LogP contribution in [0, 0.1) is 11.2 Å². The highest BCUT2D eigenvalue weighted by Crippen LogP contribution is 2.35. The van der Waals surface area contributed by atoms with E-state index >= 15 is 0 Å². The molecule has 1 saturated carbocycles. The van der Waals surface area contributed by atoms with E-state index in [1.165, 1.54) is 31.7 Å². The van der Waals surface area contributed by atoms with Crippen molar-refractivity contribution in [2.75, 3.05) is 0 Å². The fourth-order valence-corrected chi connectivity index (χ4v) is 2.97. The number of hydrogen-bond acceptors (Lipinski definition) is 1. The van der Waals surface area contributed by atoms with Crippen LogP contribution in [-0.2, 0) is 6.54 Å². The van der Waals surface area contributed by atoms with Gasteiger partial charge in [-0.15, -0.1) is 0 Å². The Bertz CT molecular complexity index is 417. The van der Waals surface area contributed by atoms with E-state index in [0.717, 1.165) is 12.1 Å². The Hall–Kier alpha value is -0.600. The van der Waals surface area contributed by atoms with E-state index < -0.39 is 0 Å². The molecule has 0 aliphatic heterocycles. The second-order valence-corrected chi connectivity index (χ2v) is 6.32. The van der Waals surface area contributed by atoms with Crippen LogP contribution in [0.1, 0.15) is 45.1 Å². The van der Waals surface area contributed by atoms with Crippen molar-refractivity contribution < 1.29 is 4.39 Å². The van der Waals surface area contributed by atoms with Gasteiger partial charge in [0.2, 0.25) is 0 Å². The lowest BCUT2D eigenvalue weighted by molar-refractivity contribution is 0.167. The molecule has 1 aliphatic carbocycles. The molecule has 1 aromatic carbocycles. The summed E-state index contributed by atoms with van der Waals surface area (Å²) in [5.41, 5.74) is 1.39. The monoisotopic (exact) mass is 269 g/mol. The zero-order chi connectivity index (χ0) is 13.2. The van der Waals surface area contributed by atoms with Crippen molar-refractivity contribution in [3.05, 3.63) is 34.6 Å². The summed E-state index contributed by atoms with van der Waals surface area (Å²) in [6.45, 7) is 5.40. The molecule has 0 amide bonds. The molecule has 1 aromatic rings. The van der Waals surface area contributed by atoms with Gasteiger partial charge >= 0.3 is 0 Å². The van der Waals surface area contributed by atoms with E-state index in [4.69, 9.17) is 11.6 Å². The van der Waals surface area contributed by atoms with E-state index in [2.05, 4.69) is 19.2 Å². The third-order valence-electron chi connectivity index (χ3n) is 4.04. The molecule has 1 nitrogen and oxygen atoms in total.